The van der Waals surface area contributed by atoms with E-state index < -0.39 is 0 Å². The molecule has 0 aromatic heterocycles. The van der Waals surface area contributed by atoms with Crippen LogP contribution < -0.4 is 5.32 Å². The number of rotatable bonds is 4. The van der Waals surface area contributed by atoms with Gasteiger partial charge in [0.05, 0.1) is 13.2 Å². The molecule has 2 N–H and O–H groups in total. The summed E-state index contributed by atoms with van der Waals surface area (Å²) in [6.45, 7) is 5.90. The highest BCUT2D eigenvalue weighted by atomic mass is 16.5. The molecule has 0 aliphatic carbocycles. The summed E-state index contributed by atoms with van der Waals surface area (Å²) in [7, 11) is 0. The summed E-state index contributed by atoms with van der Waals surface area (Å²) in [6.07, 6.45) is 0.453. The van der Waals surface area contributed by atoms with Gasteiger partial charge in [-0.05, 0) is 18.6 Å². The lowest BCUT2D eigenvalue weighted by Crippen LogP contribution is -2.38. The van der Waals surface area contributed by atoms with Crippen molar-refractivity contribution in [1.29, 1.82) is 0 Å². The van der Waals surface area contributed by atoms with E-state index in [-0.39, 0.29) is 11.7 Å². The van der Waals surface area contributed by atoms with Crippen LogP contribution in [-0.2, 0) is 9.53 Å². The summed E-state index contributed by atoms with van der Waals surface area (Å²) in [5, 5.41) is 12.2. The minimum absolute atomic E-state index is 0.0276. The zero-order chi connectivity index (χ0) is 13.7. The molecular weight excluding hydrogens is 244 g/mol. The zero-order valence-corrected chi connectivity index (χ0v) is 11.2. The number of ether oxygens (including phenoxy) is 1. The highest BCUT2D eigenvalue weighted by Crippen LogP contribution is 2.20. The van der Waals surface area contributed by atoms with Crippen LogP contribution in [0.4, 0.5) is 5.69 Å². The van der Waals surface area contributed by atoms with Crippen LogP contribution in [0, 0.1) is 6.92 Å². The van der Waals surface area contributed by atoms with Crippen molar-refractivity contribution < 1.29 is 14.6 Å². The molecule has 1 aromatic rings. The van der Waals surface area contributed by atoms with Crippen LogP contribution in [0.3, 0.4) is 0 Å². The van der Waals surface area contributed by atoms with E-state index in [9.17, 15) is 9.90 Å². The van der Waals surface area contributed by atoms with Gasteiger partial charge in [-0.25, -0.2) is 0 Å². The Morgan fingerprint density at radius 3 is 2.89 bits per heavy atom. The quantitative estimate of drug-likeness (QED) is 0.862. The van der Waals surface area contributed by atoms with Crippen LogP contribution in [0.15, 0.2) is 18.2 Å². The van der Waals surface area contributed by atoms with Gasteiger partial charge in [-0.2, -0.15) is 0 Å². The average Bonchev–Trinajstić information content (AvgIpc) is 2.42. The Balaban J connectivity index is 1.81. The molecule has 0 atom stereocenters. The topological polar surface area (TPSA) is 61.8 Å². The van der Waals surface area contributed by atoms with Crippen molar-refractivity contribution in [3.63, 3.8) is 0 Å². The third-order valence-corrected chi connectivity index (χ3v) is 3.25. The van der Waals surface area contributed by atoms with Gasteiger partial charge in [0.2, 0.25) is 5.91 Å². The minimum atomic E-state index is -0.0276. The van der Waals surface area contributed by atoms with E-state index in [1.54, 1.807) is 18.2 Å². The molecule has 19 heavy (non-hydrogen) atoms. The largest absolute Gasteiger partial charge is 0.508 e. The van der Waals surface area contributed by atoms with Gasteiger partial charge in [-0.15, -0.1) is 0 Å². The van der Waals surface area contributed by atoms with E-state index >= 15 is 0 Å². The Morgan fingerprint density at radius 2 is 2.16 bits per heavy atom. The molecule has 1 saturated heterocycles. The average molecular weight is 264 g/mol. The molecule has 1 aromatic carbocycles. The predicted molar refractivity (Wildman–Crippen MR) is 73.3 cm³/mol. The van der Waals surface area contributed by atoms with Crippen LogP contribution in [0.5, 0.6) is 5.75 Å². The number of morpholine rings is 1. The number of amides is 1. The Morgan fingerprint density at radius 1 is 1.42 bits per heavy atom. The third-order valence-electron chi connectivity index (χ3n) is 3.25. The van der Waals surface area contributed by atoms with Crippen LogP contribution in [0.2, 0.25) is 0 Å². The predicted octanol–water partition coefficient (Wildman–Crippen LogP) is 1.36. The first-order chi connectivity index (χ1) is 9.15. The van der Waals surface area contributed by atoms with Gasteiger partial charge < -0.3 is 15.2 Å². The summed E-state index contributed by atoms with van der Waals surface area (Å²) in [6, 6.07) is 4.97. The number of aromatic hydroxyl groups is 1. The van der Waals surface area contributed by atoms with Crippen LogP contribution in [0.25, 0.3) is 0 Å². The maximum Gasteiger partial charge on any atom is 0.225 e. The molecule has 2 rings (SSSR count). The van der Waals surface area contributed by atoms with Crippen molar-refractivity contribution in [1.82, 2.24) is 4.90 Å². The third kappa shape index (κ3) is 4.22. The van der Waals surface area contributed by atoms with Crippen molar-refractivity contribution in [2.45, 2.75) is 13.3 Å². The van der Waals surface area contributed by atoms with Crippen molar-refractivity contribution in [2.75, 3.05) is 38.2 Å². The van der Waals surface area contributed by atoms with E-state index in [0.717, 1.165) is 38.4 Å². The standard InChI is InChI=1S/C14H20N2O3/c1-11-2-3-12(17)10-13(11)15-14(18)4-5-16-6-8-19-9-7-16/h2-3,10,17H,4-9H2,1H3,(H,15,18). The summed E-state index contributed by atoms with van der Waals surface area (Å²) in [5.41, 5.74) is 1.62. The fourth-order valence-electron chi connectivity index (χ4n) is 2.04. The molecule has 5 heteroatoms. The number of aryl methyl sites for hydroxylation is 1. The van der Waals surface area contributed by atoms with Gasteiger partial charge >= 0.3 is 0 Å². The van der Waals surface area contributed by atoms with Crippen molar-refractivity contribution >= 4 is 11.6 Å². The van der Waals surface area contributed by atoms with Crippen molar-refractivity contribution in [3.8, 4) is 5.75 Å². The lowest BCUT2D eigenvalue weighted by Gasteiger charge is -2.26. The fourth-order valence-corrected chi connectivity index (χ4v) is 2.04. The Kier molecular flexibility index (Phi) is 4.76. The minimum Gasteiger partial charge on any atom is -0.508 e. The van der Waals surface area contributed by atoms with E-state index in [4.69, 9.17) is 4.74 Å². The number of nitrogens with one attached hydrogen (secondary N) is 1. The highest BCUT2D eigenvalue weighted by Gasteiger charge is 2.12. The van der Waals surface area contributed by atoms with Crippen molar-refractivity contribution in [3.05, 3.63) is 23.8 Å². The van der Waals surface area contributed by atoms with Gasteiger partial charge in [0.15, 0.2) is 0 Å². The molecular formula is C14H20N2O3. The maximum atomic E-state index is 11.9. The lowest BCUT2D eigenvalue weighted by atomic mass is 10.2. The number of carbonyl (C=O) groups is 1. The first-order valence-corrected chi connectivity index (χ1v) is 6.55. The molecule has 0 saturated carbocycles. The van der Waals surface area contributed by atoms with E-state index in [0.29, 0.717) is 12.1 Å². The Bertz CT molecular complexity index is 442. The normalized spacial score (nSPS) is 16.3. The first kappa shape index (κ1) is 13.8. The summed E-state index contributed by atoms with van der Waals surface area (Å²) in [5.74, 6) is 0.134. The van der Waals surface area contributed by atoms with Crippen LogP contribution >= 0.6 is 0 Å². The number of phenols is 1. The number of phenolic OH excluding ortho intramolecular Hbond substituents is 1. The maximum absolute atomic E-state index is 11.9. The van der Waals surface area contributed by atoms with Gasteiger partial charge in [0.1, 0.15) is 5.75 Å². The number of carbonyl (C=O) groups excluding carboxylic acids is 1. The van der Waals surface area contributed by atoms with E-state index in [2.05, 4.69) is 10.2 Å². The SMILES string of the molecule is Cc1ccc(O)cc1NC(=O)CCN1CCOCC1. The molecule has 0 bridgehead atoms. The number of hydrogen-bond donors (Lipinski definition) is 2. The van der Waals surface area contributed by atoms with Gasteiger partial charge in [0, 0.05) is 37.8 Å². The first-order valence-electron chi connectivity index (χ1n) is 6.55. The van der Waals surface area contributed by atoms with Gasteiger partial charge in [0.25, 0.3) is 0 Å². The molecule has 5 nitrogen and oxygen atoms in total. The smallest absolute Gasteiger partial charge is 0.225 e. The molecule has 0 radical (unpaired) electrons. The van der Waals surface area contributed by atoms with Gasteiger partial charge in [-0.3, -0.25) is 9.69 Å². The van der Waals surface area contributed by atoms with E-state index in [1.165, 1.54) is 0 Å². The second-order valence-electron chi connectivity index (χ2n) is 4.75. The second kappa shape index (κ2) is 6.54. The zero-order valence-electron chi connectivity index (χ0n) is 11.2. The molecule has 0 unspecified atom stereocenters. The molecule has 104 valence electrons. The molecule has 1 aliphatic rings. The monoisotopic (exact) mass is 264 g/mol. The fraction of sp³-hybridized carbons (Fsp3) is 0.500. The van der Waals surface area contributed by atoms with Crippen LogP contribution in [-0.4, -0.2) is 48.8 Å². The summed E-state index contributed by atoms with van der Waals surface area (Å²) in [4.78, 5) is 14.1. The highest BCUT2D eigenvalue weighted by molar-refractivity contribution is 5.91. The Labute approximate surface area is 113 Å². The van der Waals surface area contributed by atoms with Crippen molar-refractivity contribution in [2.24, 2.45) is 0 Å². The van der Waals surface area contributed by atoms with Crippen LogP contribution in [0.1, 0.15) is 12.0 Å². The summed E-state index contributed by atoms with van der Waals surface area (Å²) < 4.78 is 5.26. The second-order valence-corrected chi connectivity index (χ2v) is 4.75. The Hall–Kier alpha value is -1.59. The molecule has 1 aliphatic heterocycles. The van der Waals surface area contributed by atoms with Gasteiger partial charge in [-0.1, -0.05) is 6.07 Å². The molecule has 0 spiro atoms. The number of hydrogen-bond acceptors (Lipinski definition) is 4. The molecule has 1 amide bonds. The lowest BCUT2D eigenvalue weighted by molar-refractivity contribution is -0.116. The molecule has 1 fully saturated rings. The van der Waals surface area contributed by atoms with E-state index in [1.807, 2.05) is 6.92 Å². The summed E-state index contributed by atoms with van der Waals surface area (Å²) >= 11 is 0. The molecule has 1 heterocycles. The number of anilines is 1. The number of benzene rings is 1. The number of nitrogens with zero attached hydrogens (tertiary/aromatic N) is 1.